The number of aromatic nitrogens is 1. The van der Waals surface area contributed by atoms with Crippen LogP contribution in [0.4, 0.5) is 0 Å². The third-order valence-electron chi connectivity index (χ3n) is 1.90. The van der Waals surface area contributed by atoms with E-state index in [1.165, 1.54) is 15.6 Å². The minimum atomic E-state index is 0.820. The van der Waals surface area contributed by atoms with Crippen LogP contribution in [0.5, 0.6) is 0 Å². The Bertz CT molecular complexity index is 282. The zero-order valence-electron chi connectivity index (χ0n) is 9.08. The molecule has 0 bridgehead atoms. The van der Waals surface area contributed by atoms with Gasteiger partial charge in [-0.25, -0.2) is 4.98 Å². The van der Waals surface area contributed by atoms with E-state index in [1.807, 2.05) is 0 Å². The van der Waals surface area contributed by atoms with Gasteiger partial charge >= 0.3 is 0 Å². The molecule has 0 aliphatic rings. The van der Waals surface area contributed by atoms with Gasteiger partial charge in [0.05, 0.1) is 5.69 Å². The molecule has 80 valence electrons. The summed E-state index contributed by atoms with van der Waals surface area (Å²) in [6, 6.07) is 0. The van der Waals surface area contributed by atoms with Gasteiger partial charge in [0.2, 0.25) is 0 Å². The van der Waals surface area contributed by atoms with E-state index in [0.29, 0.717) is 0 Å². The van der Waals surface area contributed by atoms with Crippen LogP contribution in [-0.2, 0) is 18.7 Å². The van der Waals surface area contributed by atoms with Gasteiger partial charge in [0.1, 0.15) is 5.01 Å². The molecule has 4 heteroatoms. The lowest BCUT2D eigenvalue weighted by Gasteiger charge is -2.04. The largest absolute Gasteiger partial charge is 0.303 e. The van der Waals surface area contributed by atoms with Crippen molar-refractivity contribution in [2.75, 3.05) is 14.1 Å². The second kappa shape index (κ2) is 5.73. The summed E-state index contributed by atoms with van der Waals surface area (Å²) in [5, 5.41) is 1.21. The summed E-state index contributed by atoms with van der Waals surface area (Å²) in [7, 11) is 4.14. The monoisotopic (exact) mass is 230 g/mol. The first-order chi connectivity index (χ1) is 6.67. The zero-order valence-corrected chi connectivity index (χ0v) is 10.8. The van der Waals surface area contributed by atoms with Gasteiger partial charge < -0.3 is 4.90 Å². The number of aryl methyl sites for hydroxylation is 1. The predicted octanol–water partition coefficient (Wildman–Crippen LogP) is 2.59. The Morgan fingerprint density at radius 3 is 2.64 bits per heavy atom. The number of hydrogen-bond donors (Lipinski definition) is 1. The molecular formula is C10H18N2S2. The molecule has 0 unspecified atom stereocenters. The first-order valence-electron chi connectivity index (χ1n) is 4.90. The number of nitrogens with zero attached hydrogens (tertiary/aromatic N) is 2. The summed E-state index contributed by atoms with van der Waals surface area (Å²) in [6.07, 6.45) is 2.24. The normalized spacial score (nSPS) is 11.2. The fraction of sp³-hybridized carbons (Fsp3) is 0.700. The van der Waals surface area contributed by atoms with Crippen LogP contribution in [0.15, 0.2) is 0 Å². The number of thiol groups is 1. The van der Waals surface area contributed by atoms with E-state index in [2.05, 4.69) is 43.5 Å². The lowest BCUT2D eigenvalue weighted by molar-refractivity contribution is 0.401. The number of rotatable bonds is 5. The van der Waals surface area contributed by atoms with Crippen molar-refractivity contribution in [2.45, 2.75) is 32.1 Å². The van der Waals surface area contributed by atoms with Gasteiger partial charge in [0, 0.05) is 17.2 Å². The second-order valence-corrected chi connectivity index (χ2v) is 5.11. The van der Waals surface area contributed by atoms with Gasteiger partial charge in [-0.05, 0) is 20.5 Å². The van der Waals surface area contributed by atoms with Crippen molar-refractivity contribution in [2.24, 2.45) is 0 Å². The maximum Gasteiger partial charge on any atom is 0.107 e. The quantitative estimate of drug-likeness (QED) is 0.783. The van der Waals surface area contributed by atoms with E-state index in [0.717, 1.165) is 25.1 Å². The van der Waals surface area contributed by atoms with Crippen LogP contribution < -0.4 is 0 Å². The van der Waals surface area contributed by atoms with Crippen molar-refractivity contribution in [3.63, 3.8) is 0 Å². The number of hydrogen-bond acceptors (Lipinski definition) is 4. The maximum atomic E-state index is 4.64. The van der Waals surface area contributed by atoms with E-state index < -0.39 is 0 Å². The van der Waals surface area contributed by atoms with Crippen LogP contribution in [0.25, 0.3) is 0 Å². The molecule has 0 aliphatic heterocycles. The van der Waals surface area contributed by atoms with Crippen LogP contribution in [-0.4, -0.2) is 24.0 Å². The highest BCUT2D eigenvalue weighted by molar-refractivity contribution is 7.79. The summed E-state index contributed by atoms with van der Waals surface area (Å²) in [5.41, 5.74) is 1.25. The predicted molar refractivity (Wildman–Crippen MR) is 66.2 cm³/mol. The SMILES string of the molecule is CCCc1nc(CN(C)C)sc1CS. The Morgan fingerprint density at radius 1 is 1.43 bits per heavy atom. The lowest BCUT2D eigenvalue weighted by atomic mass is 10.2. The average Bonchev–Trinajstić information content (AvgIpc) is 2.47. The van der Waals surface area contributed by atoms with Crippen molar-refractivity contribution < 1.29 is 0 Å². The molecule has 0 saturated heterocycles. The van der Waals surface area contributed by atoms with Gasteiger partial charge in [-0.3, -0.25) is 0 Å². The summed E-state index contributed by atoms with van der Waals surface area (Å²) >= 11 is 6.13. The first kappa shape index (κ1) is 12.0. The standard InChI is InChI=1S/C10H18N2S2/c1-4-5-8-9(7-13)14-10(11-8)6-12(2)3/h13H,4-7H2,1-3H3. The minimum Gasteiger partial charge on any atom is -0.303 e. The molecule has 0 saturated carbocycles. The molecule has 1 rings (SSSR count). The van der Waals surface area contributed by atoms with Crippen LogP contribution in [0.1, 0.15) is 28.9 Å². The van der Waals surface area contributed by atoms with E-state index in [9.17, 15) is 0 Å². The third kappa shape index (κ3) is 3.26. The molecule has 0 fully saturated rings. The van der Waals surface area contributed by atoms with Crippen molar-refractivity contribution in [1.29, 1.82) is 0 Å². The molecule has 1 aromatic heterocycles. The Balaban J connectivity index is 2.77. The molecule has 0 N–H and O–H groups in total. The van der Waals surface area contributed by atoms with Crippen LogP contribution in [0, 0.1) is 0 Å². The molecule has 1 aromatic rings. The van der Waals surface area contributed by atoms with Gasteiger partial charge in [-0.2, -0.15) is 12.6 Å². The van der Waals surface area contributed by atoms with Crippen molar-refractivity contribution in [1.82, 2.24) is 9.88 Å². The molecule has 0 atom stereocenters. The van der Waals surface area contributed by atoms with E-state index in [1.54, 1.807) is 11.3 Å². The third-order valence-corrected chi connectivity index (χ3v) is 3.52. The molecule has 14 heavy (non-hydrogen) atoms. The summed E-state index contributed by atoms with van der Waals surface area (Å²) < 4.78 is 0. The smallest absolute Gasteiger partial charge is 0.107 e. The first-order valence-corrected chi connectivity index (χ1v) is 6.35. The van der Waals surface area contributed by atoms with Crippen molar-refractivity contribution >= 4 is 24.0 Å². The maximum absolute atomic E-state index is 4.64. The second-order valence-electron chi connectivity index (χ2n) is 3.62. The van der Waals surface area contributed by atoms with E-state index in [-0.39, 0.29) is 0 Å². The molecule has 0 aliphatic carbocycles. The lowest BCUT2D eigenvalue weighted by Crippen LogP contribution is -2.10. The Morgan fingerprint density at radius 2 is 2.14 bits per heavy atom. The average molecular weight is 230 g/mol. The van der Waals surface area contributed by atoms with Crippen molar-refractivity contribution in [3.05, 3.63) is 15.6 Å². The molecule has 0 aromatic carbocycles. The topological polar surface area (TPSA) is 16.1 Å². The van der Waals surface area contributed by atoms with Crippen molar-refractivity contribution in [3.8, 4) is 0 Å². The van der Waals surface area contributed by atoms with Gasteiger partial charge in [0.15, 0.2) is 0 Å². The zero-order chi connectivity index (χ0) is 10.6. The molecule has 0 amide bonds. The minimum absolute atomic E-state index is 0.820. The van der Waals surface area contributed by atoms with E-state index in [4.69, 9.17) is 0 Å². The van der Waals surface area contributed by atoms with Crippen LogP contribution in [0.2, 0.25) is 0 Å². The van der Waals surface area contributed by atoms with Crippen LogP contribution in [0.3, 0.4) is 0 Å². The Hall–Kier alpha value is -0.0600. The highest BCUT2D eigenvalue weighted by atomic mass is 32.1. The highest BCUT2D eigenvalue weighted by Crippen LogP contribution is 2.22. The Kier molecular flexibility index (Phi) is 4.92. The fourth-order valence-corrected chi connectivity index (χ4v) is 2.80. The summed E-state index contributed by atoms with van der Waals surface area (Å²) in [5.74, 6) is 0.820. The van der Waals surface area contributed by atoms with Gasteiger partial charge in [-0.15, -0.1) is 11.3 Å². The summed E-state index contributed by atoms with van der Waals surface area (Å²) in [6.45, 7) is 3.13. The molecule has 0 radical (unpaired) electrons. The molecular weight excluding hydrogens is 212 g/mol. The molecule has 0 spiro atoms. The van der Waals surface area contributed by atoms with Gasteiger partial charge in [-0.1, -0.05) is 13.3 Å². The fourth-order valence-electron chi connectivity index (χ4n) is 1.33. The van der Waals surface area contributed by atoms with E-state index >= 15 is 0 Å². The van der Waals surface area contributed by atoms with Gasteiger partial charge in [0.25, 0.3) is 0 Å². The van der Waals surface area contributed by atoms with Crippen LogP contribution >= 0.6 is 24.0 Å². The number of thiazole rings is 1. The highest BCUT2D eigenvalue weighted by Gasteiger charge is 2.09. The molecule has 1 heterocycles. The Labute approximate surface area is 95.8 Å². The summed E-state index contributed by atoms with van der Waals surface area (Å²) in [4.78, 5) is 8.13. The molecule has 2 nitrogen and oxygen atoms in total.